The average molecular weight is 401 g/mol. The molecule has 2 fully saturated rings. The van der Waals surface area contributed by atoms with Gasteiger partial charge in [-0.25, -0.2) is 17.7 Å². The lowest BCUT2D eigenvalue weighted by atomic mass is 10.1. The Labute approximate surface area is 159 Å². The van der Waals surface area contributed by atoms with Crippen LogP contribution in [0, 0.1) is 0 Å². The van der Waals surface area contributed by atoms with Crippen molar-refractivity contribution >= 4 is 33.3 Å². The van der Waals surface area contributed by atoms with Crippen molar-refractivity contribution in [2.24, 2.45) is 0 Å². The van der Waals surface area contributed by atoms with E-state index in [0.29, 0.717) is 29.5 Å². The lowest BCUT2D eigenvalue weighted by molar-refractivity contribution is 0.0724. The highest BCUT2D eigenvalue weighted by molar-refractivity contribution is 7.88. The van der Waals surface area contributed by atoms with Gasteiger partial charge in [0, 0.05) is 38.4 Å². The van der Waals surface area contributed by atoms with Gasteiger partial charge in [0.2, 0.25) is 10.0 Å². The van der Waals surface area contributed by atoms with Crippen molar-refractivity contribution in [1.82, 2.24) is 14.2 Å². The number of carbonyl (C=O) groups is 1. The van der Waals surface area contributed by atoms with E-state index < -0.39 is 10.0 Å². The Bertz CT molecular complexity index is 765. The van der Waals surface area contributed by atoms with Gasteiger partial charge in [-0.1, -0.05) is 11.6 Å². The van der Waals surface area contributed by atoms with Crippen LogP contribution in [-0.2, 0) is 10.0 Å². The zero-order chi connectivity index (χ0) is 18.7. The van der Waals surface area contributed by atoms with Gasteiger partial charge in [-0.05, 0) is 38.2 Å². The van der Waals surface area contributed by atoms with Crippen molar-refractivity contribution < 1.29 is 13.2 Å². The van der Waals surface area contributed by atoms with Crippen molar-refractivity contribution in [2.75, 3.05) is 37.8 Å². The summed E-state index contributed by atoms with van der Waals surface area (Å²) in [5.74, 6) is 0.453. The molecule has 144 valence electrons. The zero-order valence-corrected chi connectivity index (χ0v) is 16.5. The maximum atomic E-state index is 12.5. The van der Waals surface area contributed by atoms with Crippen LogP contribution in [0.2, 0.25) is 5.02 Å². The summed E-state index contributed by atoms with van der Waals surface area (Å²) in [6.07, 6.45) is 7.63. The molecule has 7 nitrogen and oxygen atoms in total. The first-order valence-corrected chi connectivity index (χ1v) is 11.2. The van der Waals surface area contributed by atoms with Crippen LogP contribution in [0.4, 0.5) is 5.82 Å². The SMILES string of the molecule is CS(=O)(=O)N1CCCC(Nc2ncc(C(=O)N3CCCCC3)cc2Cl)C1. The lowest BCUT2D eigenvalue weighted by Gasteiger charge is -2.32. The van der Waals surface area contributed by atoms with Gasteiger partial charge in [0.25, 0.3) is 5.91 Å². The van der Waals surface area contributed by atoms with E-state index in [-0.39, 0.29) is 11.9 Å². The molecule has 3 heterocycles. The number of anilines is 1. The van der Waals surface area contributed by atoms with E-state index >= 15 is 0 Å². The van der Waals surface area contributed by atoms with Gasteiger partial charge in [-0.15, -0.1) is 0 Å². The van der Waals surface area contributed by atoms with E-state index in [1.807, 2.05) is 4.90 Å². The van der Waals surface area contributed by atoms with E-state index in [0.717, 1.165) is 45.2 Å². The molecule has 0 radical (unpaired) electrons. The number of sulfonamides is 1. The monoisotopic (exact) mass is 400 g/mol. The molecule has 0 aliphatic carbocycles. The smallest absolute Gasteiger partial charge is 0.255 e. The molecule has 9 heteroatoms. The second-order valence-corrected chi connectivity index (χ2v) is 9.40. The quantitative estimate of drug-likeness (QED) is 0.837. The van der Waals surface area contributed by atoms with E-state index in [1.54, 1.807) is 12.3 Å². The first kappa shape index (κ1) is 19.4. The fraction of sp³-hybridized carbons (Fsp3) is 0.647. The summed E-state index contributed by atoms with van der Waals surface area (Å²) in [6, 6.07) is 1.59. The van der Waals surface area contributed by atoms with Crippen molar-refractivity contribution in [3.8, 4) is 0 Å². The first-order chi connectivity index (χ1) is 12.3. The molecule has 3 rings (SSSR count). The third-order valence-electron chi connectivity index (χ3n) is 4.93. The predicted octanol–water partition coefficient (Wildman–Crippen LogP) is 2.20. The van der Waals surface area contributed by atoms with Gasteiger partial charge in [0.1, 0.15) is 5.82 Å². The maximum Gasteiger partial charge on any atom is 0.255 e. The van der Waals surface area contributed by atoms with Crippen molar-refractivity contribution in [3.05, 3.63) is 22.8 Å². The summed E-state index contributed by atoms with van der Waals surface area (Å²) in [5, 5.41) is 3.60. The molecule has 2 saturated heterocycles. The third-order valence-corrected chi connectivity index (χ3v) is 6.48. The highest BCUT2D eigenvalue weighted by Gasteiger charge is 2.27. The Morgan fingerprint density at radius 2 is 1.96 bits per heavy atom. The Morgan fingerprint density at radius 3 is 2.62 bits per heavy atom. The number of likely N-dealkylation sites (tertiary alicyclic amines) is 1. The molecule has 2 aliphatic heterocycles. The van der Waals surface area contributed by atoms with Crippen LogP contribution in [-0.4, -0.2) is 67.0 Å². The van der Waals surface area contributed by atoms with E-state index in [9.17, 15) is 13.2 Å². The number of rotatable bonds is 4. The number of pyridine rings is 1. The molecule has 1 amide bonds. The highest BCUT2D eigenvalue weighted by atomic mass is 35.5. The Balaban J connectivity index is 1.67. The van der Waals surface area contributed by atoms with Gasteiger partial charge < -0.3 is 10.2 Å². The van der Waals surface area contributed by atoms with Gasteiger partial charge in [0.05, 0.1) is 16.8 Å². The summed E-state index contributed by atoms with van der Waals surface area (Å²) >= 11 is 6.33. The topological polar surface area (TPSA) is 82.6 Å². The normalized spacial score (nSPS) is 22.2. The summed E-state index contributed by atoms with van der Waals surface area (Å²) in [4.78, 5) is 18.7. The van der Waals surface area contributed by atoms with Crippen LogP contribution in [0.15, 0.2) is 12.3 Å². The van der Waals surface area contributed by atoms with Crippen LogP contribution in [0.1, 0.15) is 42.5 Å². The molecule has 1 aromatic heterocycles. The molecule has 0 saturated carbocycles. The van der Waals surface area contributed by atoms with Gasteiger partial charge in [-0.3, -0.25) is 4.79 Å². The Hall–Kier alpha value is -1.38. The number of piperidine rings is 2. The lowest BCUT2D eigenvalue weighted by Crippen LogP contribution is -2.44. The highest BCUT2D eigenvalue weighted by Crippen LogP contribution is 2.24. The molecule has 0 spiro atoms. The number of hydrogen-bond acceptors (Lipinski definition) is 5. The maximum absolute atomic E-state index is 12.5. The van der Waals surface area contributed by atoms with E-state index in [2.05, 4.69) is 10.3 Å². The fourth-order valence-corrected chi connectivity index (χ4v) is 4.63. The average Bonchev–Trinajstić information content (AvgIpc) is 2.63. The Kier molecular flexibility index (Phi) is 6.04. The van der Waals surface area contributed by atoms with Crippen LogP contribution >= 0.6 is 11.6 Å². The van der Waals surface area contributed by atoms with Crippen LogP contribution in [0.25, 0.3) is 0 Å². The number of hydrogen-bond donors (Lipinski definition) is 1. The number of amides is 1. The molecule has 26 heavy (non-hydrogen) atoms. The third kappa shape index (κ3) is 4.66. The Morgan fingerprint density at radius 1 is 1.23 bits per heavy atom. The van der Waals surface area contributed by atoms with E-state index in [4.69, 9.17) is 11.6 Å². The van der Waals surface area contributed by atoms with E-state index in [1.165, 1.54) is 10.6 Å². The molecule has 1 aromatic rings. The molecule has 1 unspecified atom stereocenters. The van der Waals surface area contributed by atoms with Crippen LogP contribution in [0.3, 0.4) is 0 Å². The first-order valence-electron chi connectivity index (χ1n) is 9.01. The number of nitrogens with one attached hydrogen (secondary N) is 1. The van der Waals surface area contributed by atoms with Crippen molar-refractivity contribution in [1.29, 1.82) is 0 Å². The summed E-state index contributed by atoms with van der Waals surface area (Å²) in [7, 11) is -3.20. The van der Waals surface area contributed by atoms with Crippen LogP contribution < -0.4 is 5.32 Å². The van der Waals surface area contributed by atoms with Crippen LogP contribution in [0.5, 0.6) is 0 Å². The number of halogens is 1. The minimum atomic E-state index is -3.20. The summed E-state index contributed by atoms with van der Waals surface area (Å²) < 4.78 is 24.9. The minimum absolute atomic E-state index is 0.0356. The number of carbonyl (C=O) groups excluding carboxylic acids is 1. The molecule has 1 atom stereocenters. The standard InChI is InChI=1S/C17H25ClN4O3S/c1-26(24,25)22-9-5-6-14(12-22)20-16-15(18)10-13(11-19-16)17(23)21-7-3-2-4-8-21/h10-11,14H,2-9,12H2,1H3,(H,19,20). The summed E-state index contributed by atoms with van der Waals surface area (Å²) in [6.45, 7) is 2.49. The second-order valence-electron chi connectivity index (χ2n) is 7.01. The van der Waals surface area contributed by atoms with Gasteiger partial charge in [-0.2, -0.15) is 0 Å². The van der Waals surface area contributed by atoms with Crippen molar-refractivity contribution in [2.45, 2.75) is 38.1 Å². The molecular formula is C17H25ClN4O3S. The second kappa shape index (κ2) is 8.10. The molecule has 2 aliphatic rings. The zero-order valence-electron chi connectivity index (χ0n) is 14.9. The summed E-state index contributed by atoms with van der Waals surface area (Å²) in [5.41, 5.74) is 0.490. The number of aromatic nitrogens is 1. The molecule has 0 bridgehead atoms. The molecular weight excluding hydrogens is 376 g/mol. The minimum Gasteiger partial charge on any atom is -0.365 e. The van der Waals surface area contributed by atoms with Crippen molar-refractivity contribution in [3.63, 3.8) is 0 Å². The van der Waals surface area contributed by atoms with Gasteiger partial charge >= 0.3 is 0 Å². The molecule has 1 N–H and O–H groups in total. The largest absolute Gasteiger partial charge is 0.365 e. The number of nitrogens with zero attached hydrogens (tertiary/aromatic N) is 3. The molecule has 0 aromatic carbocycles. The predicted molar refractivity (Wildman–Crippen MR) is 102 cm³/mol. The fourth-order valence-electron chi connectivity index (χ4n) is 3.50. The van der Waals surface area contributed by atoms with Gasteiger partial charge in [0.15, 0.2) is 0 Å².